The van der Waals surface area contributed by atoms with E-state index in [0.29, 0.717) is 18.9 Å². The van der Waals surface area contributed by atoms with Crippen LogP contribution in [-0.2, 0) is 4.79 Å². The van der Waals surface area contributed by atoms with E-state index < -0.39 is 0 Å². The molecule has 1 aliphatic rings. The van der Waals surface area contributed by atoms with Gasteiger partial charge in [-0.25, -0.2) is 0 Å². The maximum absolute atomic E-state index is 11.4. The molecule has 3 heteroatoms. The lowest BCUT2D eigenvalue weighted by atomic mass is 10.1. The topological polar surface area (TPSA) is 40.5 Å². The van der Waals surface area contributed by atoms with Crippen LogP contribution in [0.3, 0.4) is 0 Å². The molecule has 1 saturated heterocycles. The number of nitrogens with zero attached hydrogens (tertiary/aromatic N) is 1. The monoisotopic (exact) mass is 185 g/mol. The van der Waals surface area contributed by atoms with Crippen molar-refractivity contribution in [3.05, 3.63) is 0 Å². The van der Waals surface area contributed by atoms with Crippen molar-refractivity contribution < 1.29 is 9.90 Å². The van der Waals surface area contributed by atoms with Gasteiger partial charge in [-0.1, -0.05) is 20.3 Å². The number of aliphatic hydroxyl groups excluding tert-OH is 1. The van der Waals surface area contributed by atoms with E-state index in [1.165, 1.54) is 0 Å². The number of likely N-dealkylation sites (tertiary alicyclic amines) is 1. The molecule has 3 nitrogen and oxygen atoms in total. The zero-order chi connectivity index (χ0) is 9.84. The van der Waals surface area contributed by atoms with Gasteiger partial charge >= 0.3 is 0 Å². The van der Waals surface area contributed by atoms with Crippen molar-refractivity contribution in [1.29, 1.82) is 0 Å². The predicted octanol–water partition coefficient (Wildman–Crippen LogP) is 0.873. The molecule has 0 aromatic rings. The molecule has 0 bridgehead atoms. The van der Waals surface area contributed by atoms with Gasteiger partial charge in [-0.15, -0.1) is 0 Å². The van der Waals surface area contributed by atoms with Gasteiger partial charge in [0.1, 0.15) is 0 Å². The second kappa shape index (κ2) is 4.61. The second-order valence-corrected chi connectivity index (χ2v) is 4.06. The molecule has 0 radical (unpaired) electrons. The van der Waals surface area contributed by atoms with Crippen molar-refractivity contribution in [3.63, 3.8) is 0 Å². The van der Waals surface area contributed by atoms with Crippen LogP contribution in [0.25, 0.3) is 0 Å². The van der Waals surface area contributed by atoms with Crippen LogP contribution < -0.4 is 0 Å². The van der Waals surface area contributed by atoms with Crippen LogP contribution in [0.5, 0.6) is 0 Å². The molecule has 0 saturated carbocycles. The van der Waals surface area contributed by atoms with Crippen molar-refractivity contribution in [2.75, 3.05) is 19.7 Å². The Bertz CT molecular complexity index is 182. The van der Waals surface area contributed by atoms with Gasteiger partial charge < -0.3 is 10.0 Å². The largest absolute Gasteiger partial charge is 0.396 e. The third-order valence-electron chi connectivity index (χ3n) is 2.72. The van der Waals surface area contributed by atoms with Crippen LogP contribution in [0.1, 0.15) is 26.7 Å². The van der Waals surface area contributed by atoms with E-state index in [4.69, 9.17) is 5.11 Å². The summed E-state index contributed by atoms with van der Waals surface area (Å²) in [5, 5.41) is 8.87. The van der Waals surface area contributed by atoms with E-state index in [-0.39, 0.29) is 18.4 Å². The van der Waals surface area contributed by atoms with Crippen LogP contribution in [0.15, 0.2) is 0 Å². The summed E-state index contributed by atoms with van der Waals surface area (Å²) in [7, 11) is 0. The number of aliphatic hydroxyl groups is 1. The number of hydrogen-bond acceptors (Lipinski definition) is 2. The molecule has 2 unspecified atom stereocenters. The third-order valence-corrected chi connectivity index (χ3v) is 2.72. The Kier molecular flexibility index (Phi) is 3.72. The van der Waals surface area contributed by atoms with E-state index in [0.717, 1.165) is 13.0 Å². The number of rotatable bonds is 4. The molecular formula is C10H19NO2. The van der Waals surface area contributed by atoms with E-state index in [2.05, 4.69) is 6.92 Å². The van der Waals surface area contributed by atoms with E-state index in [1.807, 2.05) is 11.8 Å². The minimum atomic E-state index is 0.167. The van der Waals surface area contributed by atoms with Crippen LogP contribution >= 0.6 is 0 Å². The Morgan fingerprint density at radius 2 is 2.38 bits per heavy atom. The normalized spacial score (nSPS) is 25.3. The first kappa shape index (κ1) is 10.5. The first-order valence-electron chi connectivity index (χ1n) is 5.06. The zero-order valence-corrected chi connectivity index (χ0v) is 8.49. The maximum Gasteiger partial charge on any atom is 0.222 e. The minimum absolute atomic E-state index is 0.167. The molecule has 2 atom stereocenters. The predicted molar refractivity (Wildman–Crippen MR) is 51.2 cm³/mol. The van der Waals surface area contributed by atoms with Gasteiger partial charge in [-0.2, -0.15) is 0 Å². The summed E-state index contributed by atoms with van der Waals surface area (Å²) in [5.41, 5.74) is 0. The quantitative estimate of drug-likeness (QED) is 0.706. The van der Waals surface area contributed by atoms with Gasteiger partial charge in [0.05, 0.1) is 0 Å². The van der Waals surface area contributed by atoms with Crippen molar-refractivity contribution in [1.82, 2.24) is 4.90 Å². The molecule has 76 valence electrons. The van der Waals surface area contributed by atoms with Crippen LogP contribution in [-0.4, -0.2) is 35.6 Å². The maximum atomic E-state index is 11.4. The van der Waals surface area contributed by atoms with Crippen molar-refractivity contribution in [2.24, 2.45) is 11.8 Å². The van der Waals surface area contributed by atoms with Gasteiger partial charge in [-0.05, 0) is 11.8 Å². The number of hydrogen-bond donors (Lipinski definition) is 1. The highest BCUT2D eigenvalue weighted by Crippen LogP contribution is 2.21. The first-order valence-corrected chi connectivity index (χ1v) is 5.06. The van der Waals surface area contributed by atoms with Gasteiger partial charge in [0, 0.05) is 26.1 Å². The first-order chi connectivity index (χ1) is 6.17. The summed E-state index contributed by atoms with van der Waals surface area (Å²) in [5.74, 6) is 1.00. The van der Waals surface area contributed by atoms with Crippen LogP contribution in [0.4, 0.5) is 0 Å². The molecule has 0 aromatic carbocycles. The van der Waals surface area contributed by atoms with Crippen LogP contribution in [0.2, 0.25) is 0 Å². The lowest BCUT2D eigenvalue weighted by Crippen LogP contribution is -2.31. The minimum Gasteiger partial charge on any atom is -0.396 e. The van der Waals surface area contributed by atoms with Gasteiger partial charge in [0.2, 0.25) is 5.91 Å². The van der Waals surface area contributed by atoms with Gasteiger partial charge in [-0.3, -0.25) is 4.79 Å². The highest BCUT2D eigenvalue weighted by molar-refractivity contribution is 5.78. The average Bonchev–Trinajstić information content (AvgIpc) is 2.47. The smallest absolute Gasteiger partial charge is 0.222 e. The molecular weight excluding hydrogens is 166 g/mol. The fraction of sp³-hybridized carbons (Fsp3) is 0.900. The standard InChI is InChI=1S/C10H19NO2/c1-3-9-4-10(13)11(6-9)5-8(2)7-12/h8-9,12H,3-7H2,1-2H3. The Balaban J connectivity index is 2.39. The average molecular weight is 185 g/mol. The lowest BCUT2D eigenvalue weighted by Gasteiger charge is -2.19. The summed E-state index contributed by atoms with van der Waals surface area (Å²) in [4.78, 5) is 13.3. The summed E-state index contributed by atoms with van der Waals surface area (Å²) in [6.45, 7) is 5.86. The highest BCUT2D eigenvalue weighted by Gasteiger charge is 2.28. The summed E-state index contributed by atoms with van der Waals surface area (Å²) < 4.78 is 0. The summed E-state index contributed by atoms with van der Waals surface area (Å²) in [6.07, 6.45) is 1.78. The lowest BCUT2D eigenvalue weighted by molar-refractivity contribution is -0.128. The SMILES string of the molecule is CCC1CC(=O)N(CC(C)CO)C1. The molecule has 13 heavy (non-hydrogen) atoms. The van der Waals surface area contributed by atoms with Gasteiger partial charge in [0.15, 0.2) is 0 Å². The van der Waals surface area contributed by atoms with E-state index >= 15 is 0 Å². The second-order valence-electron chi connectivity index (χ2n) is 4.06. The number of carbonyl (C=O) groups excluding carboxylic acids is 1. The summed E-state index contributed by atoms with van der Waals surface area (Å²) in [6, 6.07) is 0. The van der Waals surface area contributed by atoms with Crippen LogP contribution in [0, 0.1) is 11.8 Å². The Morgan fingerprint density at radius 3 is 2.85 bits per heavy atom. The molecule has 0 aliphatic carbocycles. The van der Waals surface area contributed by atoms with Crippen molar-refractivity contribution in [2.45, 2.75) is 26.7 Å². The Morgan fingerprint density at radius 1 is 1.69 bits per heavy atom. The zero-order valence-electron chi connectivity index (χ0n) is 8.49. The van der Waals surface area contributed by atoms with Gasteiger partial charge in [0.25, 0.3) is 0 Å². The van der Waals surface area contributed by atoms with Crippen molar-refractivity contribution >= 4 is 5.91 Å². The highest BCUT2D eigenvalue weighted by atomic mass is 16.3. The molecule has 1 amide bonds. The number of amides is 1. The molecule has 1 fully saturated rings. The molecule has 0 spiro atoms. The number of carbonyl (C=O) groups is 1. The Hall–Kier alpha value is -0.570. The third kappa shape index (κ3) is 2.69. The molecule has 1 rings (SSSR count). The fourth-order valence-corrected chi connectivity index (χ4v) is 1.74. The van der Waals surface area contributed by atoms with E-state index in [9.17, 15) is 4.79 Å². The molecule has 0 aromatic heterocycles. The fourth-order valence-electron chi connectivity index (χ4n) is 1.74. The molecule has 1 N–H and O–H groups in total. The van der Waals surface area contributed by atoms with Crippen molar-refractivity contribution in [3.8, 4) is 0 Å². The Labute approximate surface area is 79.7 Å². The summed E-state index contributed by atoms with van der Waals surface area (Å²) >= 11 is 0. The molecule has 1 heterocycles. The molecule has 1 aliphatic heterocycles. The van der Waals surface area contributed by atoms with E-state index in [1.54, 1.807) is 0 Å².